The third-order valence-corrected chi connectivity index (χ3v) is 8.03. The van der Waals surface area contributed by atoms with E-state index in [0.717, 1.165) is 46.9 Å². The Morgan fingerprint density at radius 3 is 1.76 bits per heavy atom. The first-order valence-corrected chi connectivity index (χ1v) is 14.4. The maximum Gasteiger partial charge on any atom is 0.160 e. The SMILES string of the molecule is CCc1ccccc1-c1nc(-c2ccc(-n3c4ccccc4c4ccccc43)cc2)nc(-c2ccccc2)c1CC. The molecule has 0 unspecified atom stereocenters. The van der Waals surface area contributed by atoms with Crippen LogP contribution in [0.4, 0.5) is 0 Å². The number of hydrogen-bond donors (Lipinski definition) is 0. The molecule has 0 atom stereocenters. The number of rotatable bonds is 6. The second kappa shape index (κ2) is 10.5. The number of fused-ring (bicyclic) bond motifs is 3. The van der Waals surface area contributed by atoms with E-state index in [2.05, 4.69) is 146 Å². The summed E-state index contributed by atoms with van der Waals surface area (Å²) < 4.78 is 2.34. The maximum atomic E-state index is 5.25. The van der Waals surface area contributed by atoms with Gasteiger partial charge in [-0.25, -0.2) is 9.97 Å². The maximum absolute atomic E-state index is 5.25. The first-order valence-electron chi connectivity index (χ1n) is 14.4. The summed E-state index contributed by atoms with van der Waals surface area (Å²) in [5.74, 6) is 0.746. The molecule has 0 radical (unpaired) electrons. The molecule has 198 valence electrons. The summed E-state index contributed by atoms with van der Waals surface area (Å²) in [5, 5.41) is 2.52. The zero-order valence-electron chi connectivity index (χ0n) is 23.4. The van der Waals surface area contributed by atoms with Gasteiger partial charge in [-0.05, 0) is 54.8 Å². The molecule has 7 aromatic rings. The highest BCUT2D eigenvalue weighted by Crippen LogP contribution is 2.36. The van der Waals surface area contributed by atoms with E-state index in [0.29, 0.717) is 0 Å². The smallest absolute Gasteiger partial charge is 0.160 e. The fourth-order valence-corrected chi connectivity index (χ4v) is 6.03. The quantitative estimate of drug-likeness (QED) is 0.215. The van der Waals surface area contributed by atoms with Crippen molar-refractivity contribution in [3.8, 4) is 39.6 Å². The predicted molar refractivity (Wildman–Crippen MR) is 171 cm³/mol. The lowest BCUT2D eigenvalue weighted by Crippen LogP contribution is -2.04. The minimum absolute atomic E-state index is 0.746. The zero-order valence-corrected chi connectivity index (χ0v) is 23.4. The topological polar surface area (TPSA) is 30.7 Å². The van der Waals surface area contributed by atoms with E-state index in [9.17, 15) is 0 Å². The largest absolute Gasteiger partial charge is 0.309 e. The number of nitrogens with zero attached hydrogens (tertiary/aromatic N) is 3. The van der Waals surface area contributed by atoms with Gasteiger partial charge >= 0.3 is 0 Å². The van der Waals surface area contributed by atoms with Gasteiger partial charge in [-0.2, -0.15) is 0 Å². The first-order chi connectivity index (χ1) is 20.3. The van der Waals surface area contributed by atoms with Gasteiger partial charge in [0.05, 0.1) is 22.4 Å². The standard InChI is InChI=1S/C38H31N3/c1-3-26-14-8-9-17-31(26)37-30(4-2)36(27-15-6-5-7-16-27)39-38(40-37)28-22-24-29(25-23-28)41-34-20-12-10-18-32(34)33-19-11-13-21-35(33)41/h5-25H,3-4H2,1-2H3. The van der Waals surface area contributed by atoms with Gasteiger partial charge in [0.2, 0.25) is 0 Å². The van der Waals surface area contributed by atoms with Crippen molar-refractivity contribution in [3.63, 3.8) is 0 Å². The van der Waals surface area contributed by atoms with Crippen molar-refractivity contribution in [3.05, 3.63) is 139 Å². The summed E-state index contributed by atoms with van der Waals surface area (Å²) in [5.41, 5.74) is 11.4. The number of hydrogen-bond acceptors (Lipinski definition) is 2. The molecule has 2 aromatic heterocycles. The van der Waals surface area contributed by atoms with Gasteiger partial charge in [-0.15, -0.1) is 0 Å². The Labute approximate surface area is 240 Å². The summed E-state index contributed by atoms with van der Waals surface area (Å²) in [6.45, 7) is 4.40. The van der Waals surface area contributed by atoms with E-state index < -0.39 is 0 Å². The molecule has 3 nitrogen and oxygen atoms in total. The van der Waals surface area contributed by atoms with Crippen LogP contribution in [0.1, 0.15) is 25.0 Å². The Hall–Kier alpha value is -5.02. The predicted octanol–water partition coefficient (Wildman–Crippen LogP) is 9.70. The van der Waals surface area contributed by atoms with E-state index in [1.807, 2.05) is 0 Å². The average Bonchev–Trinajstić information content (AvgIpc) is 3.39. The van der Waals surface area contributed by atoms with Crippen LogP contribution in [0.25, 0.3) is 61.4 Å². The Kier molecular flexibility index (Phi) is 6.41. The van der Waals surface area contributed by atoms with Crippen LogP contribution in [-0.2, 0) is 12.8 Å². The molecule has 0 aliphatic rings. The van der Waals surface area contributed by atoms with Crippen LogP contribution in [0, 0.1) is 0 Å². The second-order valence-electron chi connectivity index (χ2n) is 10.4. The molecule has 0 N–H and O–H groups in total. The Morgan fingerprint density at radius 2 is 1.10 bits per heavy atom. The van der Waals surface area contributed by atoms with Gasteiger partial charge < -0.3 is 4.57 Å². The van der Waals surface area contributed by atoms with Gasteiger partial charge in [0.1, 0.15) is 0 Å². The van der Waals surface area contributed by atoms with Crippen molar-refractivity contribution in [2.24, 2.45) is 0 Å². The molecule has 0 fully saturated rings. The van der Waals surface area contributed by atoms with Gasteiger partial charge in [0.15, 0.2) is 5.82 Å². The molecule has 2 heterocycles. The van der Waals surface area contributed by atoms with E-state index in [4.69, 9.17) is 9.97 Å². The van der Waals surface area contributed by atoms with Crippen LogP contribution < -0.4 is 0 Å². The van der Waals surface area contributed by atoms with Crippen molar-refractivity contribution in [2.45, 2.75) is 26.7 Å². The van der Waals surface area contributed by atoms with Crippen molar-refractivity contribution in [1.82, 2.24) is 14.5 Å². The van der Waals surface area contributed by atoms with Crippen LogP contribution in [0.15, 0.2) is 127 Å². The second-order valence-corrected chi connectivity index (χ2v) is 10.4. The molecular weight excluding hydrogens is 498 g/mol. The van der Waals surface area contributed by atoms with Gasteiger partial charge in [0, 0.05) is 38.7 Å². The average molecular weight is 530 g/mol. The fraction of sp³-hybridized carbons (Fsp3) is 0.105. The summed E-state index contributed by atoms with van der Waals surface area (Å²) in [6.07, 6.45) is 1.80. The zero-order chi connectivity index (χ0) is 27.8. The molecule has 7 rings (SSSR count). The number of aryl methyl sites for hydroxylation is 1. The van der Waals surface area contributed by atoms with Crippen LogP contribution in [0.5, 0.6) is 0 Å². The lowest BCUT2D eigenvalue weighted by atomic mass is 9.94. The summed E-state index contributed by atoms with van der Waals surface area (Å²) in [4.78, 5) is 10.5. The van der Waals surface area contributed by atoms with E-state index in [-0.39, 0.29) is 0 Å². The molecule has 3 heteroatoms. The molecule has 0 bridgehead atoms. The summed E-state index contributed by atoms with van der Waals surface area (Å²) in [7, 11) is 0. The van der Waals surface area contributed by atoms with Gasteiger partial charge in [0.25, 0.3) is 0 Å². The summed E-state index contributed by atoms with van der Waals surface area (Å²) >= 11 is 0. The van der Waals surface area contributed by atoms with Crippen LogP contribution in [0.2, 0.25) is 0 Å². The van der Waals surface area contributed by atoms with Gasteiger partial charge in [-0.1, -0.05) is 105 Å². The van der Waals surface area contributed by atoms with Crippen molar-refractivity contribution < 1.29 is 0 Å². The van der Waals surface area contributed by atoms with E-state index >= 15 is 0 Å². The van der Waals surface area contributed by atoms with Crippen LogP contribution in [0.3, 0.4) is 0 Å². The molecule has 0 saturated heterocycles. The number of para-hydroxylation sites is 2. The van der Waals surface area contributed by atoms with Crippen LogP contribution in [-0.4, -0.2) is 14.5 Å². The highest BCUT2D eigenvalue weighted by atomic mass is 15.0. The monoisotopic (exact) mass is 529 g/mol. The number of aromatic nitrogens is 3. The highest BCUT2D eigenvalue weighted by molar-refractivity contribution is 6.09. The molecule has 0 aliphatic heterocycles. The Bertz CT molecular complexity index is 1950. The molecule has 5 aromatic carbocycles. The van der Waals surface area contributed by atoms with Crippen LogP contribution >= 0.6 is 0 Å². The minimum atomic E-state index is 0.746. The van der Waals surface area contributed by atoms with E-state index in [1.54, 1.807) is 0 Å². The fourth-order valence-electron chi connectivity index (χ4n) is 6.03. The van der Waals surface area contributed by atoms with Crippen molar-refractivity contribution in [1.29, 1.82) is 0 Å². The third-order valence-electron chi connectivity index (χ3n) is 8.03. The lowest BCUT2D eigenvalue weighted by molar-refractivity contribution is 1.05. The lowest BCUT2D eigenvalue weighted by Gasteiger charge is -2.17. The molecule has 0 amide bonds. The van der Waals surface area contributed by atoms with Gasteiger partial charge in [-0.3, -0.25) is 0 Å². The van der Waals surface area contributed by atoms with Crippen molar-refractivity contribution >= 4 is 21.8 Å². The normalized spacial score (nSPS) is 11.4. The minimum Gasteiger partial charge on any atom is -0.309 e. The van der Waals surface area contributed by atoms with Crippen molar-refractivity contribution in [2.75, 3.05) is 0 Å². The molecule has 0 aliphatic carbocycles. The summed E-state index contributed by atoms with van der Waals surface area (Å²) in [6, 6.07) is 45.0. The highest BCUT2D eigenvalue weighted by Gasteiger charge is 2.19. The molecule has 41 heavy (non-hydrogen) atoms. The third kappa shape index (κ3) is 4.31. The first kappa shape index (κ1) is 25.0. The number of benzene rings is 5. The molecule has 0 spiro atoms. The van der Waals surface area contributed by atoms with E-state index in [1.165, 1.54) is 38.5 Å². The Balaban J connectivity index is 1.41. The molecular formula is C38H31N3. The molecule has 0 saturated carbocycles. The Morgan fingerprint density at radius 1 is 0.512 bits per heavy atom.